The first-order valence-corrected chi connectivity index (χ1v) is 6.14. The number of nitrogen functional groups attached to an aromatic ring is 1. The first-order chi connectivity index (χ1) is 9.34. The van der Waals surface area contributed by atoms with Crippen molar-refractivity contribution in [2.24, 2.45) is 5.84 Å². The second-order valence-corrected chi connectivity index (χ2v) is 4.82. The molecule has 6 nitrogen and oxygen atoms in total. The van der Waals surface area contributed by atoms with Crippen molar-refractivity contribution in [3.63, 3.8) is 0 Å². The van der Waals surface area contributed by atoms with E-state index < -0.39 is 11.8 Å². The van der Waals surface area contributed by atoms with Gasteiger partial charge in [0.05, 0.1) is 5.69 Å². The Morgan fingerprint density at radius 1 is 1.40 bits per heavy atom. The number of anilines is 1. The van der Waals surface area contributed by atoms with Crippen molar-refractivity contribution in [2.75, 3.05) is 18.5 Å². The van der Waals surface area contributed by atoms with Crippen LogP contribution in [0.5, 0.6) is 0 Å². The first kappa shape index (κ1) is 14.9. The van der Waals surface area contributed by atoms with Crippen molar-refractivity contribution < 1.29 is 18.3 Å². The van der Waals surface area contributed by atoms with Gasteiger partial charge in [-0.05, 0) is 18.9 Å². The van der Waals surface area contributed by atoms with Crippen molar-refractivity contribution in [1.82, 2.24) is 14.9 Å². The minimum absolute atomic E-state index is 0.158. The molecule has 0 radical (unpaired) electrons. The van der Waals surface area contributed by atoms with E-state index in [1.807, 2.05) is 4.90 Å². The van der Waals surface area contributed by atoms with E-state index in [0.717, 1.165) is 0 Å². The molecule has 20 heavy (non-hydrogen) atoms. The smallest absolute Gasteiger partial charge is 0.380 e. The third-order valence-corrected chi connectivity index (χ3v) is 3.44. The van der Waals surface area contributed by atoms with Crippen LogP contribution >= 0.6 is 0 Å². The highest BCUT2D eigenvalue weighted by molar-refractivity contribution is 5.22. The average Bonchev–Trinajstić information content (AvgIpc) is 2.40. The second kappa shape index (κ2) is 5.51. The van der Waals surface area contributed by atoms with Crippen LogP contribution in [-0.4, -0.2) is 44.8 Å². The number of hydrazine groups is 1. The summed E-state index contributed by atoms with van der Waals surface area (Å²) in [5.41, 5.74) is 0.396. The number of rotatable bonds is 3. The minimum Gasteiger partial charge on any atom is -0.380 e. The van der Waals surface area contributed by atoms with Crippen LogP contribution in [0.1, 0.15) is 18.5 Å². The van der Waals surface area contributed by atoms with Crippen LogP contribution in [0, 0.1) is 0 Å². The van der Waals surface area contributed by atoms with Gasteiger partial charge in [0.25, 0.3) is 0 Å². The molecule has 1 aliphatic rings. The summed E-state index contributed by atoms with van der Waals surface area (Å²) in [5, 5.41) is 9.57. The molecule has 2 heterocycles. The number of aromatic nitrogens is 2. The fourth-order valence-corrected chi connectivity index (χ4v) is 2.15. The highest BCUT2D eigenvalue weighted by Crippen LogP contribution is 2.38. The van der Waals surface area contributed by atoms with E-state index in [-0.39, 0.29) is 31.9 Å². The predicted octanol–water partition coefficient (Wildman–Crippen LogP) is 0.651. The van der Waals surface area contributed by atoms with Crippen molar-refractivity contribution in [1.29, 1.82) is 0 Å². The highest BCUT2D eigenvalue weighted by atomic mass is 19.4. The van der Waals surface area contributed by atoms with Gasteiger partial charge in [-0.25, -0.2) is 15.8 Å². The van der Waals surface area contributed by atoms with Crippen LogP contribution in [0.15, 0.2) is 12.3 Å². The summed E-state index contributed by atoms with van der Waals surface area (Å²) in [4.78, 5) is 9.76. The summed E-state index contributed by atoms with van der Waals surface area (Å²) < 4.78 is 38.0. The maximum Gasteiger partial charge on any atom is 0.417 e. The molecule has 0 aromatic carbocycles. The van der Waals surface area contributed by atoms with Crippen LogP contribution < -0.4 is 11.3 Å². The molecular weight excluding hydrogens is 275 g/mol. The van der Waals surface area contributed by atoms with E-state index in [1.54, 1.807) is 6.07 Å². The van der Waals surface area contributed by atoms with Gasteiger partial charge in [-0.1, -0.05) is 0 Å². The zero-order valence-electron chi connectivity index (χ0n) is 10.7. The molecule has 0 spiro atoms. The molecule has 0 atom stereocenters. The third kappa shape index (κ3) is 3.17. The fraction of sp³-hybridized carbons (Fsp3) is 0.636. The van der Waals surface area contributed by atoms with Crippen LogP contribution in [0.3, 0.4) is 0 Å². The lowest BCUT2D eigenvalue weighted by atomic mass is 9.91. The Labute approximate surface area is 113 Å². The van der Waals surface area contributed by atoms with Crippen LogP contribution in [0.25, 0.3) is 0 Å². The maximum absolute atomic E-state index is 12.7. The van der Waals surface area contributed by atoms with Gasteiger partial charge >= 0.3 is 6.18 Å². The minimum atomic E-state index is -4.58. The van der Waals surface area contributed by atoms with Crippen molar-refractivity contribution >= 4 is 5.95 Å². The molecular formula is C11H16F3N5O. The number of nitrogens with one attached hydrogen (secondary N) is 1. The molecule has 1 aromatic heterocycles. The number of halogens is 3. The summed E-state index contributed by atoms with van der Waals surface area (Å²) in [6.07, 6.45) is -3.72. The topological polar surface area (TPSA) is 87.3 Å². The molecule has 1 aromatic rings. The number of nitrogens with two attached hydrogens (primary N) is 1. The normalized spacial score (nSPS) is 19.9. The van der Waals surface area contributed by atoms with Crippen LogP contribution in [-0.2, 0) is 6.54 Å². The molecule has 9 heteroatoms. The summed E-state index contributed by atoms with van der Waals surface area (Å²) in [6.45, 7) is 0.710. The van der Waals surface area contributed by atoms with E-state index in [1.165, 1.54) is 6.20 Å². The molecule has 0 unspecified atom stereocenters. The zero-order valence-corrected chi connectivity index (χ0v) is 10.7. The Morgan fingerprint density at radius 3 is 2.60 bits per heavy atom. The number of nitrogens with zero attached hydrogens (tertiary/aromatic N) is 3. The zero-order chi connectivity index (χ0) is 14.8. The van der Waals surface area contributed by atoms with Gasteiger partial charge in [0.1, 0.15) is 0 Å². The van der Waals surface area contributed by atoms with E-state index in [0.29, 0.717) is 12.2 Å². The fourth-order valence-electron chi connectivity index (χ4n) is 2.15. The second-order valence-electron chi connectivity index (χ2n) is 4.82. The SMILES string of the molecule is NNc1nccc(CN2CCC(O)(C(F)(F)F)CC2)n1. The van der Waals surface area contributed by atoms with E-state index in [2.05, 4.69) is 15.4 Å². The van der Waals surface area contributed by atoms with Gasteiger partial charge in [0.2, 0.25) is 5.95 Å². The van der Waals surface area contributed by atoms with E-state index >= 15 is 0 Å². The summed E-state index contributed by atoms with van der Waals surface area (Å²) in [5.74, 6) is 5.44. The molecule has 0 aliphatic carbocycles. The molecule has 0 amide bonds. The lowest BCUT2D eigenvalue weighted by molar-refractivity contribution is -0.272. The van der Waals surface area contributed by atoms with Gasteiger partial charge in [0, 0.05) is 25.8 Å². The molecule has 0 bridgehead atoms. The van der Waals surface area contributed by atoms with Crippen molar-refractivity contribution in [3.05, 3.63) is 18.0 Å². The Balaban J connectivity index is 1.94. The van der Waals surface area contributed by atoms with Gasteiger partial charge in [-0.15, -0.1) is 0 Å². The molecule has 112 valence electrons. The Kier molecular flexibility index (Phi) is 4.11. The quantitative estimate of drug-likeness (QED) is 0.560. The number of aliphatic hydroxyl groups is 1. The molecule has 1 fully saturated rings. The standard InChI is InChI=1S/C11H16F3N5O/c12-11(13,14)10(20)2-5-19(6-3-10)7-8-1-4-16-9(17-8)18-15/h1,4,20H,2-3,5-7,15H2,(H,16,17,18). The number of hydrogen-bond acceptors (Lipinski definition) is 6. The largest absolute Gasteiger partial charge is 0.417 e. The Bertz CT molecular complexity index is 460. The Hall–Kier alpha value is -1.45. The number of alkyl halides is 3. The van der Waals surface area contributed by atoms with Gasteiger partial charge < -0.3 is 5.11 Å². The molecule has 1 saturated heterocycles. The van der Waals surface area contributed by atoms with Gasteiger partial charge in [-0.2, -0.15) is 13.2 Å². The predicted molar refractivity (Wildman–Crippen MR) is 65.4 cm³/mol. The van der Waals surface area contributed by atoms with Crippen LogP contribution in [0.2, 0.25) is 0 Å². The maximum atomic E-state index is 12.7. The molecule has 2 rings (SSSR count). The summed E-state index contributed by atoms with van der Waals surface area (Å²) in [6, 6.07) is 1.67. The van der Waals surface area contributed by atoms with E-state index in [9.17, 15) is 18.3 Å². The van der Waals surface area contributed by atoms with Crippen molar-refractivity contribution in [2.45, 2.75) is 31.2 Å². The molecule has 1 aliphatic heterocycles. The monoisotopic (exact) mass is 291 g/mol. The molecule has 4 N–H and O–H groups in total. The van der Waals surface area contributed by atoms with Gasteiger partial charge in [-0.3, -0.25) is 10.3 Å². The van der Waals surface area contributed by atoms with Crippen molar-refractivity contribution in [3.8, 4) is 0 Å². The number of hydrogen-bond donors (Lipinski definition) is 3. The Morgan fingerprint density at radius 2 is 2.05 bits per heavy atom. The average molecular weight is 291 g/mol. The number of likely N-dealkylation sites (tertiary alicyclic amines) is 1. The van der Waals surface area contributed by atoms with Gasteiger partial charge in [0.15, 0.2) is 5.60 Å². The van der Waals surface area contributed by atoms with E-state index in [4.69, 9.17) is 5.84 Å². The third-order valence-electron chi connectivity index (χ3n) is 3.44. The van der Waals surface area contributed by atoms with Crippen LogP contribution in [0.4, 0.5) is 19.1 Å². The molecule has 0 saturated carbocycles. The number of piperidine rings is 1. The lowest BCUT2D eigenvalue weighted by Crippen LogP contribution is -2.53. The summed E-state index contributed by atoms with van der Waals surface area (Å²) in [7, 11) is 0. The lowest BCUT2D eigenvalue weighted by Gasteiger charge is -2.38. The highest BCUT2D eigenvalue weighted by Gasteiger charge is 2.54. The summed E-state index contributed by atoms with van der Waals surface area (Å²) >= 11 is 0. The first-order valence-electron chi connectivity index (χ1n) is 6.14.